The molecule has 20 nitrogen and oxygen atoms in total. The van der Waals surface area contributed by atoms with Crippen LogP contribution in [0.3, 0.4) is 0 Å². The average molecular weight is 1050 g/mol. The summed E-state index contributed by atoms with van der Waals surface area (Å²) in [7, 11) is -1.62. The third-order valence-corrected chi connectivity index (χ3v) is 16.8. The minimum atomic E-state index is -3.79. The lowest BCUT2D eigenvalue weighted by Crippen LogP contribution is -2.30. The van der Waals surface area contributed by atoms with Gasteiger partial charge in [-0.1, -0.05) is 36.4 Å². The van der Waals surface area contributed by atoms with Gasteiger partial charge in [-0.25, -0.2) is 46.7 Å². The van der Waals surface area contributed by atoms with Crippen molar-refractivity contribution in [2.75, 3.05) is 28.4 Å². The van der Waals surface area contributed by atoms with Crippen LogP contribution in [0.1, 0.15) is 82.7 Å². The summed E-state index contributed by atoms with van der Waals surface area (Å²) >= 11 is 0. The fourth-order valence-electron chi connectivity index (χ4n) is 8.03. The van der Waals surface area contributed by atoms with Crippen LogP contribution in [0.5, 0.6) is 11.8 Å². The number of rotatable bonds is 18. The van der Waals surface area contributed by atoms with E-state index in [1.807, 2.05) is 77.9 Å². The minimum Gasteiger partial charge on any atom is -0.481 e. The SMILES string of the molecule is COc1cccc(-c2nnc(CS(=O)(=O)[C@@H](C)[C@H](OC)c3ncc(C)cn3)n2-c2cccc(C)c2C)n1.COc1cccc(-c2nnc(CS(=O)(=O)[C@@H](C)[C@H](OC)c3ncc(C)cn3)n2-c2cccc(C)c2C)n1. The molecule has 2 aromatic carbocycles. The first-order valence-corrected chi connectivity index (χ1v) is 26.9. The maximum absolute atomic E-state index is 13.7. The molecule has 74 heavy (non-hydrogen) atoms. The molecule has 0 amide bonds. The highest BCUT2D eigenvalue weighted by atomic mass is 32.2. The zero-order valence-corrected chi connectivity index (χ0v) is 45.0. The Hall–Kier alpha value is -7.40. The van der Waals surface area contributed by atoms with Crippen molar-refractivity contribution in [3.8, 4) is 46.2 Å². The van der Waals surface area contributed by atoms with E-state index in [1.54, 1.807) is 84.2 Å². The fraction of sp³-hybridized carbons (Fsp3) is 0.346. The summed E-state index contributed by atoms with van der Waals surface area (Å²) in [5.41, 5.74) is 8.34. The van der Waals surface area contributed by atoms with E-state index in [0.717, 1.165) is 44.8 Å². The van der Waals surface area contributed by atoms with Gasteiger partial charge in [-0.15, -0.1) is 20.4 Å². The Labute approximate surface area is 431 Å². The highest BCUT2D eigenvalue weighted by molar-refractivity contribution is 7.91. The molecule has 0 saturated heterocycles. The van der Waals surface area contributed by atoms with Gasteiger partial charge in [0.1, 0.15) is 35.1 Å². The summed E-state index contributed by atoms with van der Waals surface area (Å²) in [6.07, 6.45) is 4.86. The van der Waals surface area contributed by atoms with Crippen molar-refractivity contribution in [1.29, 1.82) is 0 Å². The van der Waals surface area contributed by atoms with Gasteiger partial charge in [-0.2, -0.15) is 0 Å². The van der Waals surface area contributed by atoms with Gasteiger partial charge >= 0.3 is 0 Å². The molecule has 0 N–H and O–H groups in total. The first-order chi connectivity index (χ1) is 35.3. The smallest absolute Gasteiger partial charge is 0.213 e. The first kappa shape index (κ1) is 54.4. The number of aryl methyl sites for hydroxylation is 4. The number of sulfone groups is 2. The molecule has 6 heterocycles. The molecule has 8 rings (SSSR count). The summed E-state index contributed by atoms with van der Waals surface area (Å²) in [4.78, 5) is 26.1. The van der Waals surface area contributed by atoms with E-state index in [-0.39, 0.29) is 23.2 Å². The Morgan fingerprint density at radius 2 is 0.838 bits per heavy atom. The van der Waals surface area contributed by atoms with Gasteiger partial charge in [0.05, 0.1) is 36.1 Å². The van der Waals surface area contributed by atoms with E-state index >= 15 is 0 Å². The van der Waals surface area contributed by atoms with E-state index in [2.05, 4.69) is 50.3 Å². The van der Waals surface area contributed by atoms with Gasteiger partial charge in [0.15, 0.2) is 54.6 Å². The summed E-state index contributed by atoms with van der Waals surface area (Å²) < 4.78 is 79.8. The highest BCUT2D eigenvalue weighted by Crippen LogP contribution is 2.32. The molecule has 8 aromatic rings. The Morgan fingerprint density at radius 1 is 0.486 bits per heavy atom. The number of pyridine rings is 2. The van der Waals surface area contributed by atoms with Gasteiger partial charge in [0, 0.05) is 51.1 Å². The Kier molecular flexibility index (Phi) is 17.1. The quantitative estimate of drug-likeness (QED) is 0.0808. The molecule has 0 spiro atoms. The van der Waals surface area contributed by atoms with Crippen LogP contribution >= 0.6 is 0 Å². The summed E-state index contributed by atoms with van der Waals surface area (Å²) in [6, 6.07) is 22.3. The predicted octanol–water partition coefficient (Wildman–Crippen LogP) is 7.49. The number of benzene rings is 2. The zero-order chi connectivity index (χ0) is 53.5. The summed E-state index contributed by atoms with van der Waals surface area (Å²) in [6.45, 7) is 14.9. The van der Waals surface area contributed by atoms with Crippen LogP contribution < -0.4 is 9.47 Å². The van der Waals surface area contributed by atoms with Crippen LogP contribution in [0.4, 0.5) is 0 Å². The van der Waals surface area contributed by atoms with E-state index in [0.29, 0.717) is 46.4 Å². The number of methoxy groups -OCH3 is 4. The van der Waals surface area contributed by atoms with Crippen molar-refractivity contribution in [1.82, 2.24) is 59.4 Å². The molecule has 0 unspecified atom stereocenters. The van der Waals surface area contributed by atoms with Gasteiger partial charge in [0.25, 0.3) is 0 Å². The molecule has 22 heteroatoms. The lowest BCUT2D eigenvalue weighted by molar-refractivity contribution is 0.0947. The molecule has 0 aliphatic rings. The molecule has 388 valence electrons. The number of hydrogen-bond donors (Lipinski definition) is 0. The zero-order valence-electron chi connectivity index (χ0n) is 43.4. The molecule has 0 radical (unpaired) electrons. The van der Waals surface area contributed by atoms with Crippen LogP contribution in [0, 0.1) is 41.5 Å². The number of aromatic nitrogens is 12. The number of hydrogen-bond acceptors (Lipinski definition) is 18. The van der Waals surface area contributed by atoms with Crippen LogP contribution in [0.25, 0.3) is 34.4 Å². The van der Waals surface area contributed by atoms with Crippen molar-refractivity contribution in [2.24, 2.45) is 0 Å². The van der Waals surface area contributed by atoms with Crippen molar-refractivity contribution >= 4 is 19.7 Å². The van der Waals surface area contributed by atoms with Gasteiger partial charge in [0.2, 0.25) is 11.8 Å². The Morgan fingerprint density at radius 3 is 1.18 bits per heavy atom. The second-order valence-corrected chi connectivity index (χ2v) is 22.4. The van der Waals surface area contributed by atoms with Gasteiger partial charge < -0.3 is 18.9 Å². The Balaban J connectivity index is 0.000000216. The second-order valence-electron chi connectivity index (χ2n) is 17.7. The molecule has 6 aromatic heterocycles. The van der Waals surface area contributed by atoms with Crippen molar-refractivity contribution in [3.63, 3.8) is 0 Å². The first-order valence-electron chi connectivity index (χ1n) is 23.4. The van der Waals surface area contributed by atoms with Crippen LogP contribution in [0.15, 0.2) is 97.6 Å². The van der Waals surface area contributed by atoms with Crippen LogP contribution in [-0.2, 0) is 40.7 Å². The third kappa shape index (κ3) is 11.8. The van der Waals surface area contributed by atoms with Crippen LogP contribution in [-0.4, -0.2) is 115 Å². The normalized spacial score (nSPS) is 13.4. The minimum absolute atomic E-state index is 0.264. The van der Waals surface area contributed by atoms with Crippen LogP contribution in [0.2, 0.25) is 0 Å². The van der Waals surface area contributed by atoms with E-state index in [4.69, 9.17) is 18.9 Å². The molecule has 0 fully saturated rings. The molecule has 0 bridgehead atoms. The largest absolute Gasteiger partial charge is 0.481 e. The highest BCUT2D eigenvalue weighted by Gasteiger charge is 2.36. The summed E-state index contributed by atoms with van der Waals surface area (Å²) in [5, 5.41) is 15.5. The second kappa shape index (κ2) is 23.2. The van der Waals surface area contributed by atoms with E-state index < -0.39 is 42.4 Å². The van der Waals surface area contributed by atoms with Gasteiger partial charge in [-0.3, -0.25) is 9.13 Å². The molecular formula is C52H60N12O8S2. The maximum atomic E-state index is 13.7. The lowest BCUT2D eigenvalue weighted by atomic mass is 10.1. The monoisotopic (exact) mass is 1040 g/mol. The lowest BCUT2D eigenvalue weighted by Gasteiger charge is -2.22. The fourth-order valence-corrected chi connectivity index (χ4v) is 10.9. The molecule has 4 atom stereocenters. The average Bonchev–Trinajstić information content (AvgIpc) is 4.00. The summed E-state index contributed by atoms with van der Waals surface area (Å²) in [5.74, 6) is 2.05. The molecule has 0 aliphatic carbocycles. The molecular weight excluding hydrogens is 985 g/mol. The standard InChI is InChI=1S/2C26H30N6O4S/c2*1-16-13-27-25(28-14-16)24(36-6)19(4)37(33,34)15-22-30-31-26(20-10-8-12-23(29-20)35-5)32(22)21-11-7-9-17(2)18(21)3/h2*7-14,19,24H,15H2,1-6H3/t2*19-,24-/m00/s1. The van der Waals surface area contributed by atoms with E-state index in [1.165, 1.54) is 28.4 Å². The maximum Gasteiger partial charge on any atom is 0.213 e. The number of nitrogens with zero attached hydrogens (tertiary/aromatic N) is 12. The van der Waals surface area contributed by atoms with Crippen molar-refractivity contribution in [2.45, 2.75) is 89.6 Å². The molecule has 0 aliphatic heterocycles. The predicted molar refractivity (Wildman–Crippen MR) is 278 cm³/mol. The van der Waals surface area contributed by atoms with Crippen molar-refractivity contribution < 1.29 is 35.8 Å². The molecule has 0 saturated carbocycles. The Bertz CT molecular complexity index is 3230. The third-order valence-electron chi connectivity index (χ3n) is 12.7. The number of ether oxygens (including phenoxy) is 4. The van der Waals surface area contributed by atoms with Gasteiger partial charge in [-0.05, 0) is 113 Å². The topological polar surface area (TPSA) is 244 Å². The van der Waals surface area contributed by atoms with E-state index in [9.17, 15) is 16.8 Å². The van der Waals surface area contributed by atoms with Crippen molar-refractivity contribution in [3.05, 3.63) is 154 Å².